The quantitative estimate of drug-likeness (QED) is 0.217. The van der Waals surface area contributed by atoms with Crippen LogP contribution in [0.2, 0.25) is 0 Å². The van der Waals surface area contributed by atoms with Crippen molar-refractivity contribution in [3.63, 3.8) is 0 Å². The minimum Gasteiger partial charge on any atom is -0.472 e. The smallest absolute Gasteiger partial charge is 0.300 e. The van der Waals surface area contributed by atoms with Crippen molar-refractivity contribution in [1.29, 1.82) is 0 Å². The molecule has 188 valence electrons. The van der Waals surface area contributed by atoms with E-state index >= 15 is 0 Å². The molecule has 0 bridgehead atoms. The van der Waals surface area contributed by atoms with Gasteiger partial charge in [-0.05, 0) is 48.7 Å². The van der Waals surface area contributed by atoms with Crippen LogP contribution in [0.15, 0.2) is 66.9 Å². The van der Waals surface area contributed by atoms with Crippen LogP contribution in [0.5, 0.6) is 5.88 Å². The molecule has 37 heavy (non-hydrogen) atoms. The van der Waals surface area contributed by atoms with Crippen molar-refractivity contribution in [2.24, 2.45) is 0 Å². The van der Waals surface area contributed by atoms with Gasteiger partial charge in [0.05, 0.1) is 5.52 Å². The number of rotatable bonds is 8. The number of hydrogen-bond acceptors (Lipinski definition) is 5. The third-order valence-electron chi connectivity index (χ3n) is 6.61. The average Bonchev–Trinajstić information content (AvgIpc) is 3.31. The number of fused-ring (bicyclic) bond motifs is 1. The standard InChI is InChI=1S/C28H25F2N5O2/c1-31-21-9-5-6-10-22(21)35-23-15-16-32-28(37-17-18-7-3-2-4-8-18)24(23)27(34-35)33-20-13-11-19(12-14-20)25(36)26(29)30/h2-4,7-8,11-16,21-22,26H,5-6,9-10,17H2,(H,33,34)/t21-,22-/m0/s1. The summed E-state index contributed by atoms with van der Waals surface area (Å²) in [6.07, 6.45) is 2.31. The number of aromatic nitrogens is 3. The zero-order valence-electron chi connectivity index (χ0n) is 20.0. The molecule has 2 atom stereocenters. The topological polar surface area (TPSA) is 73.4 Å². The highest BCUT2D eigenvalue weighted by molar-refractivity contribution is 5.99. The average molecular weight is 502 g/mol. The van der Waals surface area contributed by atoms with Crippen molar-refractivity contribution >= 4 is 28.2 Å². The van der Waals surface area contributed by atoms with Gasteiger partial charge in [0, 0.05) is 23.9 Å². The minimum atomic E-state index is -3.06. The lowest BCUT2D eigenvalue weighted by atomic mass is 9.91. The van der Waals surface area contributed by atoms with E-state index in [1.165, 1.54) is 12.1 Å². The number of carbonyl (C=O) groups is 1. The van der Waals surface area contributed by atoms with Crippen molar-refractivity contribution in [2.75, 3.05) is 5.32 Å². The van der Waals surface area contributed by atoms with E-state index in [2.05, 4.69) is 15.1 Å². The lowest BCUT2D eigenvalue weighted by Gasteiger charge is -2.24. The predicted octanol–water partition coefficient (Wildman–Crippen LogP) is 6.60. The molecular weight excluding hydrogens is 476 g/mol. The van der Waals surface area contributed by atoms with Gasteiger partial charge in [-0.15, -0.1) is 0 Å². The van der Waals surface area contributed by atoms with Gasteiger partial charge in [-0.3, -0.25) is 9.48 Å². The molecule has 9 heteroatoms. The van der Waals surface area contributed by atoms with Crippen LogP contribution in [-0.2, 0) is 6.61 Å². The Labute approximate surface area is 212 Å². The number of ketones is 1. The summed E-state index contributed by atoms with van der Waals surface area (Å²) in [4.78, 5) is 20.0. The summed E-state index contributed by atoms with van der Waals surface area (Å²) in [5.74, 6) is -0.340. The first-order valence-corrected chi connectivity index (χ1v) is 12.1. The third-order valence-corrected chi connectivity index (χ3v) is 6.61. The van der Waals surface area contributed by atoms with Crippen molar-refractivity contribution in [3.05, 3.63) is 89.4 Å². The fraction of sp³-hybridized carbons (Fsp3) is 0.286. The van der Waals surface area contributed by atoms with Gasteiger partial charge in [-0.25, -0.2) is 20.3 Å². The maximum atomic E-state index is 12.8. The first kappa shape index (κ1) is 24.4. The van der Waals surface area contributed by atoms with E-state index in [0.717, 1.165) is 36.8 Å². The summed E-state index contributed by atoms with van der Waals surface area (Å²) < 4.78 is 33.6. The Kier molecular flexibility index (Phi) is 7.08. The molecule has 1 aliphatic rings. The number of benzene rings is 2. The number of pyridine rings is 1. The number of Topliss-reactive ketones (excluding diaryl/α,β-unsaturated/α-hetero) is 1. The Balaban J connectivity index is 1.54. The van der Waals surface area contributed by atoms with Crippen molar-refractivity contribution < 1.29 is 18.3 Å². The van der Waals surface area contributed by atoms with Crippen LogP contribution < -0.4 is 10.1 Å². The number of nitrogens with zero attached hydrogens (tertiary/aromatic N) is 4. The maximum Gasteiger partial charge on any atom is 0.300 e. The van der Waals surface area contributed by atoms with Crippen molar-refractivity contribution in [2.45, 2.75) is 50.8 Å². The number of nitrogens with one attached hydrogen (secondary N) is 1. The Morgan fingerprint density at radius 1 is 1.11 bits per heavy atom. The molecule has 0 saturated heterocycles. The molecule has 4 aromatic rings. The second kappa shape index (κ2) is 10.7. The number of ether oxygens (including phenoxy) is 1. The van der Waals surface area contributed by atoms with Gasteiger partial charge in [0.25, 0.3) is 0 Å². The SMILES string of the molecule is [C-]#[N+][C@H]1CCCC[C@@H]1n1nc(Nc2ccc(C(=O)C(F)F)cc2)c2c(OCc3ccccc3)nccc21. The van der Waals surface area contributed by atoms with E-state index < -0.39 is 12.2 Å². The van der Waals surface area contributed by atoms with E-state index in [9.17, 15) is 13.6 Å². The second-order valence-electron chi connectivity index (χ2n) is 8.99. The van der Waals surface area contributed by atoms with E-state index in [-0.39, 0.29) is 17.6 Å². The Bertz CT molecular complexity index is 1430. The van der Waals surface area contributed by atoms with E-state index in [1.807, 2.05) is 41.1 Å². The predicted molar refractivity (Wildman–Crippen MR) is 136 cm³/mol. The van der Waals surface area contributed by atoms with Crippen LogP contribution in [-0.4, -0.2) is 33.0 Å². The van der Waals surface area contributed by atoms with Gasteiger partial charge < -0.3 is 14.9 Å². The zero-order chi connectivity index (χ0) is 25.8. The molecule has 0 spiro atoms. The Morgan fingerprint density at radius 2 is 1.86 bits per heavy atom. The lowest BCUT2D eigenvalue weighted by Crippen LogP contribution is -2.26. The Morgan fingerprint density at radius 3 is 2.59 bits per heavy atom. The Hall–Kier alpha value is -4.32. The van der Waals surface area contributed by atoms with Crippen LogP contribution in [0.25, 0.3) is 15.7 Å². The van der Waals surface area contributed by atoms with Crippen molar-refractivity contribution in [3.8, 4) is 5.88 Å². The van der Waals surface area contributed by atoms with E-state index in [0.29, 0.717) is 29.4 Å². The molecular formula is C28H25F2N5O2. The molecule has 0 amide bonds. The van der Waals surface area contributed by atoms with Gasteiger partial charge in [0.15, 0.2) is 5.82 Å². The first-order chi connectivity index (χ1) is 18.0. The normalized spacial score (nSPS) is 17.5. The molecule has 2 aromatic carbocycles. The number of alkyl halides is 2. The molecule has 0 unspecified atom stereocenters. The summed E-state index contributed by atoms with van der Waals surface area (Å²) in [6.45, 7) is 8.03. The van der Waals surface area contributed by atoms with Crippen LogP contribution in [0, 0.1) is 6.57 Å². The lowest BCUT2D eigenvalue weighted by molar-refractivity contribution is 0.0679. The van der Waals surface area contributed by atoms with Crippen molar-refractivity contribution in [1.82, 2.24) is 14.8 Å². The van der Waals surface area contributed by atoms with Gasteiger partial charge in [-0.1, -0.05) is 36.8 Å². The highest BCUT2D eigenvalue weighted by Crippen LogP contribution is 2.38. The highest BCUT2D eigenvalue weighted by atomic mass is 19.3. The first-order valence-electron chi connectivity index (χ1n) is 12.1. The van der Waals surface area contributed by atoms with E-state index in [4.69, 9.17) is 16.4 Å². The maximum absolute atomic E-state index is 12.8. The monoisotopic (exact) mass is 501 g/mol. The molecule has 2 aromatic heterocycles. The fourth-order valence-electron chi connectivity index (χ4n) is 4.74. The van der Waals surface area contributed by atoms with Crippen LogP contribution in [0.1, 0.15) is 47.6 Å². The fourth-order valence-corrected chi connectivity index (χ4v) is 4.74. The van der Waals surface area contributed by atoms with Gasteiger partial charge in [-0.2, -0.15) is 5.10 Å². The van der Waals surface area contributed by atoms with Crippen LogP contribution >= 0.6 is 0 Å². The second-order valence-corrected chi connectivity index (χ2v) is 8.99. The molecule has 1 saturated carbocycles. The van der Waals surface area contributed by atoms with Gasteiger partial charge in [0.2, 0.25) is 17.7 Å². The molecule has 2 heterocycles. The minimum absolute atomic E-state index is 0.0633. The number of carbonyl (C=O) groups excluding carboxylic acids is 1. The molecule has 0 aliphatic heterocycles. The largest absolute Gasteiger partial charge is 0.472 e. The molecule has 7 nitrogen and oxygen atoms in total. The number of hydrogen-bond donors (Lipinski definition) is 1. The molecule has 1 N–H and O–H groups in total. The van der Waals surface area contributed by atoms with Gasteiger partial charge in [0.1, 0.15) is 18.0 Å². The zero-order valence-corrected chi connectivity index (χ0v) is 20.0. The number of halogens is 2. The summed E-state index contributed by atoms with van der Waals surface area (Å²) in [7, 11) is 0. The summed E-state index contributed by atoms with van der Waals surface area (Å²) in [5, 5.41) is 8.78. The molecule has 1 fully saturated rings. The summed E-state index contributed by atoms with van der Waals surface area (Å²) >= 11 is 0. The van der Waals surface area contributed by atoms with E-state index in [1.54, 1.807) is 18.3 Å². The molecule has 1 aliphatic carbocycles. The summed E-state index contributed by atoms with van der Waals surface area (Å²) in [6, 6.07) is 17.2. The summed E-state index contributed by atoms with van der Waals surface area (Å²) in [5.41, 5.74) is 2.29. The molecule has 0 radical (unpaired) electrons. The highest BCUT2D eigenvalue weighted by Gasteiger charge is 2.34. The molecule has 5 rings (SSSR count). The number of anilines is 2. The third kappa shape index (κ3) is 5.14. The van der Waals surface area contributed by atoms with Crippen LogP contribution in [0.3, 0.4) is 0 Å². The van der Waals surface area contributed by atoms with Gasteiger partial charge >= 0.3 is 6.43 Å². The van der Waals surface area contributed by atoms with Crippen LogP contribution in [0.4, 0.5) is 20.3 Å².